The van der Waals surface area contributed by atoms with Gasteiger partial charge in [0.2, 0.25) is 17.5 Å². The number of rotatable bonds is 4. The van der Waals surface area contributed by atoms with Crippen LogP contribution in [0.15, 0.2) is 30.5 Å². The summed E-state index contributed by atoms with van der Waals surface area (Å²) in [7, 11) is 2.03. The lowest BCUT2D eigenvalue weighted by Crippen LogP contribution is -2.70. The molecule has 10 heteroatoms. The molecule has 1 aliphatic carbocycles. The molecule has 1 unspecified atom stereocenters. The molecule has 212 valence electrons. The Morgan fingerprint density at radius 2 is 2.12 bits per heavy atom. The summed E-state index contributed by atoms with van der Waals surface area (Å²) in [6.07, 6.45) is 6.75. The second-order valence-corrected chi connectivity index (χ2v) is 12.3. The molecular weight excluding hydrogens is 510 g/mol. The maximum atomic E-state index is 14.2. The van der Waals surface area contributed by atoms with Crippen LogP contribution >= 0.6 is 0 Å². The molecular formula is C30H37N5O5. The van der Waals surface area contributed by atoms with E-state index in [2.05, 4.69) is 33.5 Å². The third-order valence-corrected chi connectivity index (χ3v) is 10.1. The molecule has 40 heavy (non-hydrogen) atoms. The predicted molar refractivity (Wildman–Crippen MR) is 147 cm³/mol. The molecule has 4 aliphatic heterocycles. The number of carbonyl (C=O) groups is 3. The van der Waals surface area contributed by atoms with E-state index in [-0.39, 0.29) is 17.9 Å². The molecule has 1 aromatic carbocycles. The standard InChI is InChI=1S/C30H37N5O5/c1-5-16(2)29(28(38)35-17(3)27(37)34-11-7-10-24(34)30(35,39)40-29)32-26(36)19-12-21-20-8-6-9-22-25(20)18(14-31-22)13-23(21)33(4)15-19/h6,8-9,12,14,16-17,19,23-24,31,39H,5,7,10-11,13,15H2,1-4H3,(H,32,36)/t16?,17-,19-,23+,24-,29+,30-/m0/s1. The van der Waals surface area contributed by atoms with Gasteiger partial charge in [-0.2, -0.15) is 0 Å². The fourth-order valence-corrected chi connectivity index (χ4v) is 7.80. The zero-order valence-electron chi connectivity index (χ0n) is 23.4. The molecule has 1 aromatic heterocycles. The molecule has 0 bridgehead atoms. The molecule has 0 spiro atoms. The predicted octanol–water partition coefficient (Wildman–Crippen LogP) is 1.79. The number of hydrogen-bond acceptors (Lipinski definition) is 6. The van der Waals surface area contributed by atoms with Crippen molar-refractivity contribution in [3.63, 3.8) is 0 Å². The molecule has 10 nitrogen and oxygen atoms in total. The summed E-state index contributed by atoms with van der Waals surface area (Å²) >= 11 is 0. The van der Waals surface area contributed by atoms with Crippen LogP contribution in [0.1, 0.15) is 51.2 Å². The van der Waals surface area contributed by atoms with E-state index >= 15 is 0 Å². The molecule has 5 heterocycles. The monoisotopic (exact) mass is 547 g/mol. The number of hydrogen-bond donors (Lipinski definition) is 3. The van der Waals surface area contributed by atoms with Gasteiger partial charge in [-0.05, 0) is 62.4 Å². The van der Waals surface area contributed by atoms with Crippen LogP contribution in [0, 0.1) is 11.8 Å². The topological polar surface area (TPSA) is 118 Å². The Hall–Kier alpha value is -3.21. The Bertz CT molecular complexity index is 1470. The highest BCUT2D eigenvalue weighted by molar-refractivity contribution is 6.01. The maximum absolute atomic E-state index is 14.2. The van der Waals surface area contributed by atoms with Crippen molar-refractivity contribution in [2.24, 2.45) is 11.8 Å². The van der Waals surface area contributed by atoms with Crippen molar-refractivity contribution in [2.45, 2.75) is 76.2 Å². The fourth-order valence-electron chi connectivity index (χ4n) is 7.80. The van der Waals surface area contributed by atoms with E-state index < -0.39 is 41.5 Å². The molecule has 7 atom stereocenters. The average Bonchev–Trinajstić information content (AvgIpc) is 3.65. The number of nitrogens with one attached hydrogen (secondary N) is 2. The number of aromatic nitrogens is 1. The van der Waals surface area contributed by atoms with E-state index in [4.69, 9.17) is 4.74 Å². The Kier molecular flexibility index (Phi) is 5.56. The summed E-state index contributed by atoms with van der Waals surface area (Å²) in [6.45, 7) is 6.39. The number of carbonyl (C=O) groups excluding carboxylic acids is 3. The molecule has 7 rings (SSSR count). The number of benzene rings is 1. The van der Waals surface area contributed by atoms with Crippen LogP contribution in [-0.2, 0) is 25.5 Å². The normalized spacial score (nSPS) is 35.9. The van der Waals surface area contributed by atoms with Crippen molar-refractivity contribution in [3.8, 4) is 0 Å². The molecule has 5 aliphatic rings. The van der Waals surface area contributed by atoms with Gasteiger partial charge in [0.15, 0.2) is 0 Å². The minimum absolute atomic E-state index is 0.153. The lowest BCUT2D eigenvalue weighted by atomic mass is 9.79. The van der Waals surface area contributed by atoms with Gasteiger partial charge in [-0.25, -0.2) is 0 Å². The van der Waals surface area contributed by atoms with Gasteiger partial charge in [-0.3, -0.25) is 28.9 Å². The first-order valence-electron chi connectivity index (χ1n) is 14.5. The summed E-state index contributed by atoms with van der Waals surface area (Å²) in [5, 5.41) is 16.1. The summed E-state index contributed by atoms with van der Waals surface area (Å²) in [5.74, 6) is -4.05. The summed E-state index contributed by atoms with van der Waals surface area (Å²) in [6, 6.07) is 4.80. The number of fused-ring (bicyclic) bond motifs is 5. The maximum Gasteiger partial charge on any atom is 0.281 e. The summed E-state index contributed by atoms with van der Waals surface area (Å²) < 4.78 is 6.38. The van der Waals surface area contributed by atoms with Gasteiger partial charge in [0.1, 0.15) is 12.1 Å². The zero-order chi connectivity index (χ0) is 28.1. The van der Waals surface area contributed by atoms with Crippen LogP contribution in [-0.4, -0.2) is 92.4 Å². The first-order chi connectivity index (χ1) is 19.1. The fraction of sp³-hybridized carbons (Fsp3) is 0.567. The summed E-state index contributed by atoms with van der Waals surface area (Å²) in [4.78, 5) is 49.8. The van der Waals surface area contributed by atoms with E-state index in [1.165, 1.54) is 15.8 Å². The van der Waals surface area contributed by atoms with Crippen molar-refractivity contribution in [2.75, 3.05) is 20.1 Å². The van der Waals surface area contributed by atoms with Crippen molar-refractivity contribution in [3.05, 3.63) is 41.6 Å². The smallest absolute Gasteiger partial charge is 0.281 e. The largest absolute Gasteiger partial charge is 0.361 e. The summed E-state index contributed by atoms with van der Waals surface area (Å²) in [5.41, 5.74) is 2.81. The van der Waals surface area contributed by atoms with Crippen molar-refractivity contribution >= 4 is 34.2 Å². The number of piperazine rings is 1. The Labute approximate surface area is 233 Å². The SMILES string of the molecule is CCC(C)[C@@]1(NC(=O)[C@H]2C=C3c4cccc5[nH]cc(c45)C[C@H]3N(C)C2)O[C@@]2(O)[C@@H]3CCCN3C(=O)[C@H](C)N2C1=O. The van der Waals surface area contributed by atoms with Crippen molar-refractivity contribution in [1.82, 2.24) is 25.0 Å². The zero-order valence-corrected chi connectivity index (χ0v) is 23.4. The van der Waals surface area contributed by atoms with Gasteiger partial charge in [0.05, 0.1) is 5.92 Å². The van der Waals surface area contributed by atoms with Crippen LogP contribution < -0.4 is 5.32 Å². The van der Waals surface area contributed by atoms with Crippen LogP contribution in [0.2, 0.25) is 0 Å². The molecule has 3 saturated heterocycles. The van der Waals surface area contributed by atoms with Gasteiger partial charge < -0.3 is 20.3 Å². The molecule has 3 N–H and O–H groups in total. The molecule has 0 radical (unpaired) electrons. The van der Waals surface area contributed by atoms with Crippen LogP contribution in [0.25, 0.3) is 16.5 Å². The van der Waals surface area contributed by atoms with Crippen molar-refractivity contribution < 1.29 is 24.2 Å². The minimum atomic E-state index is -1.99. The number of likely N-dealkylation sites (N-methyl/N-ethyl adjacent to an activating group) is 1. The third-order valence-electron chi connectivity index (χ3n) is 10.1. The van der Waals surface area contributed by atoms with E-state index in [1.54, 1.807) is 11.8 Å². The van der Waals surface area contributed by atoms with Crippen LogP contribution in [0.4, 0.5) is 0 Å². The molecule has 3 fully saturated rings. The van der Waals surface area contributed by atoms with Crippen LogP contribution in [0.3, 0.4) is 0 Å². The molecule has 3 amide bonds. The van der Waals surface area contributed by atoms with E-state index in [9.17, 15) is 19.5 Å². The van der Waals surface area contributed by atoms with Gasteiger partial charge >= 0.3 is 0 Å². The Balaban J connectivity index is 1.25. The Morgan fingerprint density at radius 3 is 2.90 bits per heavy atom. The average molecular weight is 548 g/mol. The highest BCUT2D eigenvalue weighted by atomic mass is 16.7. The quantitative estimate of drug-likeness (QED) is 0.537. The number of amides is 3. The number of H-pyrrole nitrogens is 1. The minimum Gasteiger partial charge on any atom is -0.361 e. The number of ether oxygens (including phenoxy) is 1. The number of nitrogens with zero attached hydrogens (tertiary/aromatic N) is 3. The lowest BCUT2D eigenvalue weighted by Gasteiger charge is -2.47. The Morgan fingerprint density at radius 1 is 1.32 bits per heavy atom. The van der Waals surface area contributed by atoms with Gasteiger partial charge in [-0.1, -0.05) is 32.1 Å². The van der Waals surface area contributed by atoms with Gasteiger partial charge in [0.25, 0.3) is 11.8 Å². The van der Waals surface area contributed by atoms with Gasteiger partial charge in [0, 0.05) is 42.1 Å². The van der Waals surface area contributed by atoms with E-state index in [1.807, 2.05) is 33.0 Å². The first-order valence-corrected chi connectivity index (χ1v) is 14.5. The van der Waals surface area contributed by atoms with E-state index in [0.717, 1.165) is 29.5 Å². The van der Waals surface area contributed by atoms with Crippen molar-refractivity contribution in [1.29, 1.82) is 0 Å². The molecule has 0 saturated carbocycles. The number of aliphatic hydroxyl groups is 1. The van der Waals surface area contributed by atoms with E-state index in [0.29, 0.717) is 25.9 Å². The third kappa shape index (κ3) is 3.24. The second kappa shape index (κ2) is 8.64. The lowest BCUT2D eigenvalue weighted by molar-refractivity contribution is -0.321. The highest BCUT2D eigenvalue weighted by Gasteiger charge is 2.71. The number of aromatic amines is 1. The van der Waals surface area contributed by atoms with Crippen LogP contribution in [0.5, 0.6) is 0 Å². The highest BCUT2D eigenvalue weighted by Crippen LogP contribution is 2.48. The van der Waals surface area contributed by atoms with Gasteiger partial charge in [-0.15, -0.1) is 0 Å². The molecule has 2 aromatic rings. The second-order valence-electron chi connectivity index (χ2n) is 12.3. The first kappa shape index (κ1) is 25.7.